The van der Waals surface area contributed by atoms with Crippen molar-refractivity contribution in [3.8, 4) is 11.5 Å². The molecule has 2 aromatic carbocycles. The molecule has 2 bridgehead atoms. The van der Waals surface area contributed by atoms with Crippen LogP contribution >= 0.6 is 11.8 Å². The molecule has 1 atom stereocenters. The lowest BCUT2D eigenvalue weighted by Gasteiger charge is -2.25. The number of carbonyl (C=O) groups excluding carboxylic acids is 3. The summed E-state index contributed by atoms with van der Waals surface area (Å²) in [7, 11) is 1.75. The normalized spacial score (nSPS) is 19.3. The van der Waals surface area contributed by atoms with Gasteiger partial charge in [0.15, 0.2) is 6.61 Å². The van der Waals surface area contributed by atoms with Crippen LogP contribution in [0.3, 0.4) is 0 Å². The molecule has 3 rings (SSSR count). The summed E-state index contributed by atoms with van der Waals surface area (Å²) in [6.07, 6.45) is 4.56. The predicted molar refractivity (Wildman–Crippen MR) is 149 cm³/mol. The third-order valence-electron chi connectivity index (χ3n) is 6.37. The van der Waals surface area contributed by atoms with E-state index in [4.69, 9.17) is 4.74 Å². The van der Waals surface area contributed by atoms with Crippen molar-refractivity contribution < 1.29 is 24.2 Å². The largest absolute Gasteiger partial charge is 0.508 e. The molecule has 0 radical (unpaired) electrons. The van der Waals surface area contributed by atoms with Crippen molar-refractivity contribution in [2.75, 3.05) is 46.1 Å². The summed E-state index contributed by atoms with van der Waals surface area (Å²) in [5, 5.41) is 15.6. The van der Waals surface area contributed by atoms with E-state index in [1.165, 1.54) is 28.7 Å². The third kappa shape index (κ3) is 9.25. The minimum absolute atomic E-state index is 0.140. The molecule has 10 heteroatoms. The summed E-state index contributed by atoms with van der Waals surface area (Å²) < 4.78 is 5.48. The molecule has 3 amide bonds. The molecule has 1 aliphatic heterocycles. The van der Waals surface area contributed by atoms with E-state index in [0.29, 0.717) is 13.1 Å². The molecule has 9 nitrogen and oxygen atoms in total. The van der Waals surface area contributed by atoms with Gasteiger partial charge in [-0.15, -0.1) is 11.8 Å². The van der Waals surface area contributed by atoms with Gasteiger partial charge >= 0.3 is 0 Å². The number of aromatic hydroxyl groups is 1. The van der Waals surface area contributed by atoms with Crippen LogP contribution in [0.4, 0.5) is 0 Å². The van der Waals surface area contributed by atoms with Gasteiger partial charge in [-0.3, -0.25) is 19.3 Å². The smallest absolute Gasteiger partial charge is 0.258 e. The Labute approximate surface area is 228 Å². The fourth-order valence-electron chi connectivity index (χ4n) is 4.28. The number of phenols is 1. The van der Waals surface area contributed by atoms with Crippen LogP contribution in [0.15, 0.2) is 47.4 Å². The van der Waals surface area contributed by atoms with Crippen molar-refractivity contribution in [3.05, 3.63) is 53.6 Å². The second-order valence-corrected chi connectivity index (χ2v) is 10.4. The standard InChI is InChI=1S/C28H38N4O5S/c1-20-28(36)31(2)12-4-5-13-32(18-21-7-9-25(38-3)10-8-21)14-6-11-29-27(35)22-15-23(33)17-24(16-22)37-19-26(34)30-20/h7-10,15-17,20,33H,4-6,11-14,18-19H2,1-3H3,(H,29,35)(H,30,34)/t20-/m0/s1. The number of carbonyl (C=O) groups is 3. The Hall–Kier alpha value is -3.24. The summed E-state index contributed by atoms with van der Waals surface area (Å²) in [6, 6.07) is 12.0. The molecule has 0 aromatic heterocycles. The Morgan fingerprint density at radius 3 is 2.47 bits per heavy atom. The minimum Gasteiger partial charge on any atom is -0.508 e. The summed E-state index contributed by atoms with van der Waals surface area (Å²) in [5.74, 6) is -0.918. The van der Waals surface area contributed by atoms with Crippen LogP contribution in [0, 0.1) is 0 Å². The van der Waals surface area contributed by atoms with E-state index in [2.05, 4.69) is 46.1 Å². The molecule has 0 aliphatic carbocycles. The van der Waals surface area contributed by atoms with E-state index in [-0.39, 0.29) is 35.5 Å². The number of rotatable bonds is 3. The first-order valence-corrected chi connectivity index (χ1v) is 14.1. The molecular formula is C28H38N4O5S. The van der Waals surface area contributed by atoms with Gasteiger partial charge in [0.2, 0.25) is 5.91 Å². The highest BCUT2D eigenvalue weighted by Crippen LogP contribution is 2.22. The maximum Gasteiger partial charge on any atom is 0.258 e. The number of thioether (sulfide) groups is 1. The monoisotopic (exact) mass is 542 g/mol. The van der Waals surface area contributed by atoms with Crippen LogP contribution in [-0.4, -0.2) is 84.8 Å². The Morgan fingerprint density at radius 1 is 1.03 bits per heavy atom. The first-order valence-electron chi connectivity index (χ1n) is 12.9. The maximum absolute atomic E-state index is 12.7. The molecule has 0 saturated carbocycles. The van der Waals surface area contributed by atoms with Crippen LogP contribution in [-0.2, 0) is 16.1 Å². The predicted octanol–water partition coefficient (Wildman–Crippen LogP) is 2.87. The molecule has 3 N–H and O–H groups in total. The molecule has 2 aromatic rings. The molecule has 0 fully saturated rings. The maximum atomic E-state index is 12.7. The fraction of sp³-hybridized carbons (Fsp3) is 0.464. The van der Waals surface area contributed by atoms with Gasteiger partial charge in [0.05, 0.1) is 0 Å². The molecule has 0 saturated heterocycles. The number of benzene rings is 2. The number of nitrogens with one attached hydrogen (secondary N) is 2. The Kier molecular flexibility index (Phi) is 11.3. The number of phenolic OH excluding ortho intramolecular Hbond substituents is 1. The highest BCUT2D eigenvalue weighted by atomic mass is 32.2. The molecule has 0 unspecified atom stereocenters. The Bertz CT molecular complexity index is 1100. The van der Waals surface area contributed by atoms with E-state index in [1.54, 1.807) is 30.6 Å². The summed E-state index contributed by atoms with van der Waals surface area (Å²) in [5.41, 5.74) is 1.47. The number of nitrogens with zero attached hydrogens (tertiary/aromatic N) is 2. The van der Waals surface area contributed by atoms with Crippen LogP contribution in [0.1, 0.15) is 42.1 Å². The van der Waals surface area contributed by atoms with E-state index in [0.717, 1.165) is 38.9 Å². The lowest BCUT2D eigenvalue weighted by atomic mass is 10.1. The number of ether oxygens (including phenoxy) is 1. The first kappa shape index (κ1) is 29.3. The van der Waals surface area contributed by atoms with Crippen molar-refractivity contribution >= 4 is 29.5 Å². The average Bonchev–Trinajstić information content (AvgIpc) is 2.90. The number of fused-ring (bicyclic) bond motifs is 2. The molecular weight excluding hydrogens is 504 g/mol. The summed E-state index contributed by atoms with van der Waals surface area (Å²) in [6.45, 7) is 4.83. The van der Waals surface area contributed by atoms with Gasteiger partial charge in [-0.1, -0.05) is 12.1 Å². The molecule has 38 heavy (non-hydrogen) atoms. The zero-order valence-corrected chi connectivity index (χ0v) is 23.2. The van der Waals surface area contributed by atoms with Gasteiger partial charge < -0.3 is 25.4 Å². The number of amides is 3. The molecule has 1 heterocycles. The van der Waals surface area contributed by atoms with E-state index in [9.17, 15) is 19.5 Å². The van der Waals surface area contributed by atoms with Crippen LogP contribution in [0.2, 0.25) is 0 Å². The van der Waals surface area contributed by atoms with E-state index in [1.807, 2.05) is 0 Å². The Balaban J connectivity index is 1.71. The van der Waals surface area contributed by atoms with Gasteiger partial charge in [-0.05, 0) is 68.8 Å². The van der Waals surface area contributed by atoms with Crippen molar-refractivity contribution in [2.45, 2.75) is 43.7 Å². The average molecular weight is 543 g/mol. The Morgan fingerprint density at radius 2 is 1.74 bits per heavy atom. The topological polar surface area (TPSA) is 111 Å². The quantitative estimate of drug-likeness (QED) is 0.512. The second-order valence-electron chi connectivity index (χ2n) is 9.49. The van der Waals surface area contributed by atoms with Gasteiger partial charge in [0.1, 0.15) is 17.5 Å². The summed E-state index contributed by atoms with van der Waals surface area (Å²) in [4.78, 5) is 43.0. The SMILES string of the molecule is CSc1ccc(CN2CCCCN(C)C(=O)[C@H](C)NC(=O)COc3cc(O)cc(c3)C(=O)NCCC2)cc1. The van der Waals surface area contributed by atoms with E-state index < -0.39 is 11.9 Å². The number of hydrogen-bond acceptors (Lipinski definition) is 7. The highest BCUT2D eigenvalue weighted by molar-refractivity contribution is 7.98. The van der Waals surface area contributed by atoms with Crippen LogP contribution in [0.25, 0.3) is 0 Å². The number of hydrogen-bond donors (Lipinski definition) is 3. The van der Waals surface area contributed by atoms with Gasteiger partial charge in [0, 0.05) is 49.8 Å². The van der Waals surface area contributed by atoms with Gasteiger partial charge in [-0.2, -0.15) is 0 Å². The minimum atomic E-state index is -0.701. The van der Waals surface area contributed by atoms with Gasteiger partial charge in [-0.25, -0.2) is 0 Å². The first-order chi connectivity index (χ1) is 18.2. The van der Waals surface area contributed by atoms with Crippen LogP contribution in [0.5, 0.6) is 11.5 Å². The van der Waals surface area contributed by atoms with Crippen molar-refractivity contribution in [1.82, 2.24) is 20.4 Å². The molecule has 206 valence electrons. The van der Waals surface area contributed by atoms with Crippen molar-refractivity contribution in [1.29, 1.82) is 0 Å². The molecule has 0 spiro atoms. The lowest BCUT2D eigenvalue weighted by molar-refractivity contribution is -0.135. The van der Waals surface area contributed by atoms with Gasteiger partial charge in [0.25, 0.3) is 11.8 Å². The lowest BCUT2D eigenvalue weighted by Crippen LogP contribution is -2.47. The van der Waals surface area contributed by atoms with Crippen molar-refractivity contribution in [3.63, 3.8) is 0 Å². The molecule has 1 aliphatic rings. The zero-order chi connectivity index (χ0) is 27.5. The van der Waals surface area contributed by atoms with Crippen LogP contribution < -0.4 is 15.4 Å². The second kappa shape index (κ2) is 14.6. The number of likely N-dealkylation sites (N-methyl/N-ethyl adjacent to an activating group) is 1. The fourth-order valence-corrected chi connectivity index (χ4v) is 4.69. The zero-order valence-electron chi connectivity index (χ0n) is 22.4. The third-order valence-corrected chi connectivity index (χ3v) is 7.11. The van der Waals surface area contributed by atoms with Crippen molar-refractivity contribution in [2.24, 2.45) is 0 Å². The highest BCUT2D eigenvalue weighted by Gasteiger charge is 2.20. The van der Waals surface area contributed by atoms with E-state index >= 15 is 0 Å². The summed E-state index contributed by atoms with van der Waals surface area (Å²) >= 11 is 1.71.